The van der Waals surface area contributed by atoms with Crippen LogP contribution < -0.4 is 0 Å². The maximum absolute atomic E-state index is 12.9. The zero-order chi connectivity index (χ0) is 16.4. The Morgan fingerprint density at radius 3 is 2.52 bits per heavy atom. The van der Waals surface area contributed by atoms with Crippen molar-refractivity contribution in [2.75, 3.05) is 5.75 Å². The zero-order valence-corrected chi connectivity index (χ0v) is 14.3. The smallest absolute Gasteiger partial charge is 0.264 e. The van der Waals surface area contributed by atoms with Gasteiger partial charge in [-0.25, -0.2) is 8.42 Å². The highest BCUT2D eigenvalue weighted by Gasteiger charge is 2.31. The summed E-state index contributed by atoms with van der Waals surface area (Å²) in [6, 6.07) is 12.9. The molecule has 1 atom stereocenters. The highest BCUT2D eigenvalue weighted by atomic mass is 32.2. The SMILES string of the molecule is Cc1ccc(C(=O)N(Cc2ccccc2)[C@H]2C=CS(=O)(=O)C2)s1. The fourth-order valence-electron chi connectivity index (χ4n) is 2.56. The van der Waals surface area contributed by atoms with E-state index in [0.29, 0.717) is 11.4 Å². The number of amides is 1. The minimum absolute atomic E-state index is 0.0457. The molecular formula is C17H17NO3S2. The molecule has 6 heteroatoms. The van der Waals surface area contributed by atoms with Crippen molar-refractivity contribution in [2.45, 2.75) is 19.5 Å². The number of aryl methyl sites for hydroxylation is 1. The summed E-state index contributed by atoms with van der Waals surface area (Å²) in [6.07, 6.45) is 1.61. The Morgan fingerprint density at radius 1 is 1.22 bits per heavy atom. The molecule has 1 amide bonds. The van der Waals surface area contributed by atoms with Crippen molar-refractivity contribution in [2.24, 2.45) is 0 Å². The van der Waals surface area contributed by atoms with E-state index in [1.54, 1.807) is 17.0 Å². The quantitative estimate of drug-likeness (QED) is 0.854. The number of hydrogen-bond acceptors (Lipinski definition) is 4. The third-order valence-electron chi connectivity index (χ3n) is 3.72. The minimum atomic E-state index is -3.21. The van der Waals surface area contributed by atoms with Crippen LogP contribution >= 0.6 is 11.3 Å². The van der Waals surface area contributed by atoms with E-state index >= 15 is 0 Å². The molecule has 1 aliphatic heterocycles. The molecule has 0 aliphatic carbocycles. The van der Waals surface area contributed by atoms with Crippen LogP contribution in [0.2, 0.25) is 0 Å². The Bertz CT molecular complexity index is 838. The van der Waals surface area contributed by atoms with Gasteiger partial charge >= 0.3 is 0 Å². The summed E-state index contributed by atoms with van der Waals surface area (Å²) in [5.74, 6) is -0.172. The molecule has 2 heterocycles. The van der Waals surface area contributed by atoms with Crippen LogP contribution in [0.3, 0.4) is 0 Å². The van der Waals surface area contributed by atoms with Gasteiger partial charge in [-0.2, -0.15) is 0 Å². The van der Waals surface area contributed by atoms with Crippen molar-refractivity contribution in [3.8, 4) is 0 Å². The van der Waals surface area contributed by atoms with Crippen LogP contribution in [0.15, 0.2) is 53.9 Å². The summed E-state index contributed by atoms with van der Waals surface area (Å²) >= 11 is 1.43. The number of benzene rings is 1. The van der Waals surface area contributed by atoms with Gasteiger partial charge in [-0.3, -0.25) is 4.79 Å². The van der Waals surface area contributed by atoms with E-state index in [1.807, 2.05) is 43.3 Å². The topological polar surface area (TPSA) is 54.5 Å². The van der Waals surface area contributed by atoms with Crippen LogP contribution in [-0.2, 0) is 16.4 Å². The standard InChI is InChI=1S/C17H17NO3S2/c1-13-7-8-16(22-13)17(19)18(11-14-5-3-2-4-6-14)15-9-10-23(20,21)12-15/h2-10,15H,11-12H2,1H3/t15-/m0/s1. The lowest BCUT2D eigenvalue weighted by Crippen LogP contribution is -2.40. The zero-order valence-electron chi connectivity index (χ0n) is 12.7. The summed E-state index contributed by atoms with van der Waals surface area (Å²) < 4.78 is 23.5. The highest BCUT2D eigenvalue weighted by molar-refractivity contribution is 7.94. The molecular weight excluding hydrogens is 330 g/mol. The number of thiophene rings is 1. The number of carbonyl (C=O) groups is 1. The van der Waals surface area contributed by atoms with Gasteiger partial charge < -0.3 is 4.90 Å². The second-order valence-corrected chi connectivity index (χ2v) is 8.77. The molecule has 0 saturated carbocycles. The second kappa shape index (κ2) is 6.29. The molecule has 1 aromatic carbocycles. The molecule has 0 bridgehead atoms. The van der Waals surface area contributed by atoms with Crippen molar-refractivity contribution in [3.63, 3.8) is 0 Å². The molecule has 4 nitrogen and oxygen atoms in total. The van der Waals surface area contributed by atoms with Gasteiger partial charge in [0.25, 0.3) is 5.91 Å². The first kappa shape index (κ1) is 16.0. The van der Waals surface area contributed by atoms with Gasteiger partial charge in [-0.1, -0.05) is 30.3 Å². The summed E-state index contributed by atoms with van der Waals surface area (Å²) in [5, 5.41) is 1.21. The van der Waals surface area contributed by atoms with E-state index < -0.39 is 15.9 Å². The Hall–Kier alpha value is -1.92. The number of sulfone groups is 1. The Balaban J connectivity index is 1.90. The van der Waals surface area contributed by atoms with Gasteiger partial charge in [-0.15, -0.1) is 11.3 Å². The molecule has 3 rings (SSSR count). The van der Waals surface area contributed by atoms with Gasteiger partial charge in [0.05, 0.1) is 16.7 Å². The molecule has 0 spiro atoms. The van der Waals surface area contributed by atoms with E-state index in [4.69, 9.17) is 0 Å². The van der Waals surface area contributed by atoms with Gasteiger partial charge in [-0.05, 0) is 30.7 Å². The average molecular weight is 347 g/mol. The van der Waals surface area contributed by atoms with Crippen molar-refractivity contribution in [1.29, 1.82) is 0 Å². The Morgan fingerprint density at radius 2 is 1.96 bits per heavy atom. The van der Waals surface area contributed by atoms with Crippen LogP contribution in [0.4, 0.5) is 0 Å². The van der Waals surface area contributed by atoms with Crippen LogP contribution in [0, 0.1) is 6.92 Å². The van der Waals surface area contributed by atoms with E-state index in [0.717, 1.165) is 10.4 Å². The third-order valence-corrected chi connectivity index (χ3v) is 6.09. The predicted octanol–water partition coefficient (Wildman–Crippen LogP) is 3.01. The van der Waals surface area contributed by atoms with E-state index in [-0.39, 0.29) is 11.7 Å². The number of rotatable bonds is 4. The van der Waals surface area contributed by atoms with E-state index in [2.05, 4.69) is 0 Å². The normalized spacial score (nSPS) is 18.9. The molecule has 120 valence electrons. The lowest BCUT2D eigenvalue weighted by atomic mass is 10.1. The van der Waals surface area contributed by atoms with Gasteiger partial charge in [0.1, 0.15) is 0 Å². The Kier molecular flexibility index (Phi) is 4.37. The number of nitrogens with zero attached hydrogens (tertiary/aromatic N) is 1. The summed E-state index contributed by atoms with van der Waals surface area (Å²) in [5.41, 5.74) is 0.979. The van der Waals surface area contributed by atoms with E-state index in [9.17, 15) is 13.2 Å². The van der Waals surface area contributed by atoms with Crippen LogP contribution in [0.5, 0.6) is 0 Å². The van der Waals surface area contributed by atoms with Crippen LogP contribution in [0.1, 0.15) is 20.1 Å². The van der Waals surface area contributed by atoms with Crippen molar-refractivity contribution < 1.29 is 13.2 Å². The van der Waals surface area contributed by atoms with Gasteiger partial charge in [0.15, 0.2) is 9.84 Å². The highest BCUT2D eigenvalue weighted by Crippen LogP contribution is 2.23. The summed E-state index contributed by atoms with van der Waals surface area (Å²) in [6.45, 7) is 2.34. The molecule has 23 heavy (non-hydrogen) atoms. The van der Waals surface area contributed by atoms with Gasteiger partial charge in [0.2, 0.25) is 0 Å². The fraction of sp³-hybridized carbons (Fsp3) is 0.235. The predicted molar refractivity (Wildman–Crippen MR) is 92.1 cm³/mol. The van der Waals surface area contributed by atoms with Crippen LogP contribution in [-0.4, -0.2) is 31.0 Å². The Labute approximate surface area is 140 Å². The minimum Gasteiger partial charge on any atom is -0.326 e. The molecule has 2 aromatic rings. The lowest BCUT2D eigenvalue weighted by Gasteiger charge is -2.27. The maximum atomic E-state index is 12.9. The van der Waals surface area contributed by atoms with E-state index in [1.165, 1.54) is 16.7 Å². The van der Waals surface area contributed by atoms with Crippen LogP contribution in [0.25, 0.3) is 0 Å². The first-order valence-corrected chi connectivity index (χ1v) is 9.80. The van der Waals surface area contributed by atoms with Crippen molar-refractivity contribution in [1.82, 2.24) is 4.90 Å². The first-order chi connectivity index (χ1) is 10.9. The molecule has 0 unspecified atom stereocenters. The first-order valence-electron chi connectivity index (χ1n) is 7.27. The third kappa shape index (κ3) is 3.71. The monoisotopic (exact) mass is 347 g/mol. The number of hydrogen-bond donors (Lipinski definition) is 0. The molecule has 0 radical (unpaired) electrons. The maximum Gasteiger partial charge on any atom is 0.264 e. The average Bonchev–Trinajstić information content (AvgIpc) is 3.11. The molecule has 1 aromatic heterocycles. The summed E-state index contributed by atoms with van der Waals surface area (Å²) in [4.78, 5) is 16.2. The second-order valence-electron chi connectivity index (χ2n) is 5.55. The van der Waals surface area contributed by atoms with Gasteiger partial charge in [0, 0.05) is 16.8 Å². The fourth-order valence-corrected chi connectivity index (χ4v) is 4.69. The molecule has 1 aliphatic rings. The molecule has 0 saturated heterocycles. The van der Waals surface area contributed by atoms with Crippen molar-refractivity contribution in [3.05, 3.63) is 69.3 Å². The largest absolute Gasteiger partial charge is 0.326 e. The molecule has 0 fully saturated rings. The number of carbonyl (C=O) groups excluding carboxylic acids is 1. The van der Waals surface area contributed by atoms with Crippen molar-refractivity contribution >= 4 is 27.1 Å². The summed E-state index contributed by atoms with van der Waals surface area (Å²) in [7, 11) is -3.21. The molecule has 0 N–H and O–H groups in total. The lowest BCUT2D eigenvalue weighted by molar-refractivity contribution is 0.0718.